The third kappa shape index (κ3) is 4.80. The largest absolute Gasteiger partial charge is 0.0841 e. The van der Waals surface area contributed by atoms with E-state index in [1.807, 2.05) is 0 Å². The zero-order chi connectivity index (χ0) is 23.1. The Kier molecular flexibility index (Phi) is 7.56. The van der Waals surface area contributed by atoms with E-state index in [4.69, 9.17) is 0 Å². The van der Waals surface area contributed by atoms with Crippen LogP contribution in [-0.4, -0.2) is 15.5 Å². The maximum absolute atomic E-state index is 2.76. The lowest BCUT2D eigenvalue weighted by Gasteiger charge is -2.60. The average Bonchev–Trinajstić information content (AvgIpc) is 2.58. The summed E-state index contributed by atoms with van der Waals surface area (Å²) in [5, 5.41) is 0.632. The molecule has 0 radical (unpaired) electrons. The molecule has 0 heterocycles. The Morgan fingerprint density at radius 1 is 0.767 bits per heavy atom. The highest BCUT2D eigenvalue weighted by molar-refractivity contribution is 7.62. The lowest BCUT2D eigenvalue weighted by atomic mass is 9.67. The van der Waals surface area contributed by atoms with Gasteiger partial charge in [-0.3, -0.25) is 0 Å². The van der Waals surface area contributed by atoms with Crippen LogP contribution < -0.4 is 0 Å². The first-order valence-corrected chi connectivity index (χ1v) is 13.3. The van der Waals surface area contributed by atoms with Crippen molar-refractivity contribution in [1.82, 2.24) is 0 Å². The summed E-state index contributed by atoms with van der Waals surface area (Å²) in [6.07, 6.45) is 5.32. The van der Waals surface area contributed by atoms with Gasteiger partial charge in [-0.25, -0.2) is 0 Å². The summed E-state index contributed by atoms with van der Waals surface area (Å²) in [6.45, 7) is 29.5. The van der Waals surface area contributed by atoms with Crippen LogP contribution in [0.2, 0.25) is 0 Å². The first-order valence-electron chi connectivity index (χ1n) is 11.9. The molecule has 0 saturated carbocycles. The quantitative estimate of drug-likeness (QED) is 0.411. The van der Waals surface area contributed by atoms with E-state index in [0.717, 1.165) is 0 Å². The Bertz CT molecular complexity index is 751. The first-order chi connectivity index (χ1) is 13.6. The molecule has 0 aromatic heterocycles. The molecule has 2 unspecified atom stereocenters. The predicted molar refractivity (Wildman–Crippen MR) is 139 cm³/mol. The zero-order valence-corrected chi connectivity index (χ0v) is 22.7. The van der Waals surface area contributed by atoms with E-state index in [1.165, 1.54) is 5.56 Å². The van der Waals surface area contributed by atoms with Gasteiger partial charge in [-0.15, -0.1) is 0 Å². The molecule has 168 valence electrons. The summed E-state index contributed by atoms with van der Waals surface area (Å²) in [5.41, 5.74) is 4.66. The number of hydrogen-bond donors (Lipinski definition) is 0. The van der Waals surface area contributed by atoms with Gasteiger partial charge in [0.05, 0.1) is 0 Å². The second kappa shape index (κ2) is 8.94. The fourth-order valence-electron chi connectivity index (χ4n) is 5.99. The summed E-state index contributed by atoms with van der Waals surface area (Å²) in [5.74, 6) is 2.08. The van der Waals surface area contributed by atoms with Gasteiger partial charge >= 0.3 is 0 Å². The Morgan fingerprint density at radius 3 is 1.63 bits per heavy atom. The minimum atomic E-state index is -0.368. The van der Waals surface area contributed by atoms with Crippen molar-refractivity contribution in [1.29, 1.82) is 0 Å². The number of allylic oxidation sites excluding steroid dienone is 4. The molecule has 1 aliphatic carbocycles. The summed E-state index contributed by atoms with van der Waals surface area (Å²) < 4.78 is 0. The lowest BCUT2D eigenvalue weighted by Crippen LogP contribution is -2.49. The Balaban J connectivity index is 3.01. The van der Waals surface area contributed by atoms with Gasteiger partial charge in [0, 0.05) is 11.1 Å². The highest BCUT2D eigenvalue weighted by atomic mass is 31.1. The topological polar surface area (TPSA) is 0 Å². The number of benzene rings is 1. The van der Waals surface area contributed by atoms with Crippen LogP contribution in [0, 0.1) is 17.8 Å². The van der Waals surface area contributed by atoms with Crippen LogP contribution in [0.25, 0.3) is 0 Å². The second-order valence-corrected chi connectivity index (χ2v) is 16.3. The van der Waals surface area contributed by atoms with Crippen LogP contribution in [0.15, 0.2) is 53.6 Å². The van der Waals surface area contributed by atoms with Crippen LogP contribution in [0.3, 0.4) is 0 Å². The minimum Gasteiger partial charge on any atom is -0.0841 e. The number of hydrogen-bond acceptors (Lipinski definition) is 0. The molecule has 0 aliphatic heterocycles. The molecule has 0 saturated heterocycles. The monoisotopic (exact) mass is 426 g/mol. The standard InChI is InChI=1S/C29H47P/c1-20(2)24-18-25(21(3)4)26(23-16-14-13-15-17-23)29(19-24,22(5)6)30(27(7,8)9)28(10,11)12/h13-22,26H,1-12H3. The van der Waals surface area contributed by atoms with E-state index in [0.29, 0.717) is 23.7 Å². The van der Waals surface area contributed by atoms with Gasteiger partial charge in [-0.1, -0.05) is 139 Å². The van der Waals surface area contributed by atoms with Crippen LogP contribution in [0.1, 0.15) is 94.6 Å². The fourth-order valence-corrected chi connectivity index (χ4v) is 11.7. The summed E-state index contributed by atoms with van der Waals surface area (Å²) in [7, 11) is -0.368. The van der Waals surface area contributed by atoms with Crippen molar-refractivity contribution in [2.24, 2.45) is 17.8 Å². The number of rotatable bonds is 5. The first kappa shape index (κ1) is 25.4. The van der Waals surface area contributed by atoms with Gasteiger partial charge in [0.2, 0.25) is 0 Å². The van der Waals surface area contributed by atoms with Crippen LogP contribution >= 0.6 is 7.92 Å². The van der Waals surface area contributed by atoms with Gasteiger partial charge < -0.3 is 0 Å². The summed E-state index contributed by atoms with van der Waals surface area (Å²) >= 11 is 0. The average molecular weight is 427 g/mol. The molecule has 1 aromatic rings. The van der Waals surface area contributed by atoms with Crippen molar-refractivity contribution in [3.8, 4) is 0 Å². The third-order valence-corrected chi connectivity index (χ3v) is 11.0. The molecule has 30 heavy (non-hydrogen) atoms. The summed E-state index contributed by atoms with van der Waals surface area (Å²) in [6, 6.07) is 11.4. The predicted octanol–water partition coefficient (Wildman–Crippen LogP) is 9.42. The molecule has 0 nitrogen and oxygen atoms in total. The molecule has 0 N–H and O–H groups in total. The molecule has 1 aromatic carbocycles. The smallest absolute Gasteiger partial charge is 0.0228 e. The van der Waals surface area contributed by atoms with Crippen molar-refractivity contribution in [3.05, 3.63) is 59.2 Å². The molecule has 2 rings (SSSR count). The van der Waals surface area contributed by atoms with E-state index in [1.54, 1.807) is 11.1 Å². The molecular weight excluding hydrogens is 379 g/mol. The van der Waals surface area contributed by atoms with Crippen molar-refractivity contribution < 1.29 is 0 Å². The highest BCUT2D eigenvalue weighted by Gasteiger charge is 2.56. The molecule has 1 aliphatic rings. The van der Waals surface area contributed by atoms with E-state index < -0.39 is 0 Å². The minimum absolute atomic E-state index is 0.126. The molecule has 0 fully saturated rings. The van der Waals surface area contributed by atoms with Gasteiger partial charge in [0.25, 0.3) is 0 Å². The van der Waals surface area contributed by atoms with Crippen LogP contribution in [-0.2, 0) is 0 Å². The van der Waals surface area contributed by atoms with Crippen molar-refractivity contribution in [3.63, 3.8) is 0 Å². The van der Waals surface area contributed by atoms with Crippen molar-refractivity contribution in [2.45, 2.75) is 104 Å². The van der Waals surface area contributed by atoms with Crippen molar-refractivity contribution >= 4 is 7.92 Å². The molecule has 0 bridgehead atoms. The molecule has 0 spiro atoms. The van der Waals surface area contributed by atoms with E-state index in [-0.39, 0.29) is 23.4 Å². The lowest BCUT2D eigenvalue weighted by molar-refractivity contribution is 0.409. The highest BCUT2D eigenvalue weighted by Crippen LogP contribution is 2.75. The second-order valence-electron chi connectivity index (χ2n) is 12.2. The maximum atomic E-state index is 2.76. The van der Waals surface area contributed by atoms with Gasteiger partial charge in [0.1, 0.15) is 0 Å². The van der Waals surface area contributed by atoms with Crippen LogP contribution in [0.4, 0.5) is 0 Å². The van der Waals surface area contributed by atoms with Crippen LogP contribution in [0.5, 0.6) is 0 Å². The molecular formula is C29H47P. The normalized spacial score (nSPS) is 23.4. The zero-order valence-electron chi connectivity index (χ0n) is 21.8. The Hall–Kier alpha value is -0.870. The van der Waals surface area contributed by atoms with E-state index in [2.05, 4.69) is 126 Å². The van der Waals surface area contributed by atoms with Gasteiger partial charge in [-0.2, -0.15) is 0 Å². The third-order valence-electron chi connectivity index (χ3n) is 6.65. The SMILES string of the molecule is CC(C)C1=CC(C(C)C)(P(C(C)(C)C)C(C)(C)C)C(c2ccccc2)C(C(C)C)=C1. The van der Waals surface area contributed by atoms with E-state index in [9.17, 15) is 0 Å². The maximum Gasteiger partial charge on any atom is 0.0228 e. The van der Waals surface area contributed by atoms with Crippen molar-refractivity contribution in [2.75, 3.05) is 0 Å². The fraction of sp³-hybridized carbons (Fsp3) is 0.655. The summed E-state index contributed by atoms with van der Waals surface area (Å²) in [4.78, 5) is 0. The molecule has 0 amide bonds. The van der Waals surface area contributed by atoms with Gasteiger partial charge in [-0.05, 0) is 39.2 Å². The van der Waals surface area contributed by atoms with Gasteiger partial charge in [0.15, 0.2) is 0 Å². The Labute approximate surface area is 189 Å². The van der Waals surface area contributed by atoms with E-state index >= 15 is 0 Å². The Morgan fingerprint density at radius 2 is 1.27 bits per heavy atom. The molecule has 1 heteroatoms. The molecule has 2 atom stereocenters.